The van der Waals surface area contributed by atoms with E-state index in [0.29, 0.717) is 18.8 Å². The first kappa shape index (κ1) is 12.6. The Hall–Kier alpha value is -1.90. The maximum Gasteiger partial charge on any atom is 0.272 e. The molecular weight excluding hydrogens is 224 g/mol. The van der Waals surface area contributed by atoms with Crippen LogP contribution < -0.4 is 0 Å². The zero-order chi connectivity index (χ0) is 13.1. The van der Waals surface area contributed by atoms with E-state index < -0.39 is 0 Å². The van der Waals surface area contributed by atoms with Gasteiger partial charge in [0.25, 0.3) is 5.91 Å². The number of aromatic nitrogens is 1. The highest BCUT2D eigenvalue weighted by Gasteiger charge is 2.15. The lowest BCUT2D eigenvalue weighted by molar-refractivity contribution is 0.0767. The smallest absolute Gasteiger partial charge is 0.272 e. The Kier molecular flexibility index (Phi) is 3.60. The fourth-order valence-corrected chi connectivity index (χ4v) is 2.13. The SMILES string of the molecule is CCN(CC)C(=O)c1cc(C)c2ccccc2n1. The van der Waals surface area contributed by atoms with Crippen molar-refractivity contribution in [3.8, 4) is 0 Å². The number of benzene rings is 1. The molecule has 0 spiro atoms. The molecule has 0 N–H and O–H groups in total. The van der Waals surface area contributed by atoms with Gasteiger partial charge < -0.3 is 4.90 Å². The van der Waals surface area contributed by atoms with E-state index in [4.69, 9.17) is 0 Å². The van der Waals surface area contributed by atoms with Crippen LogP contribution in [0.15, 0.2) is 30.3 Å². The van der Waals surface area contributed by atoms with Crippen LogP contribution in [0.5, 0.6) is 0 Å². The Morgan fingerprint density at radius 3 is 2.56 bits per heavy atom. The summed E-state index contributed by atoms with van der Waals surface area (Å²) in [5.74, 6) is 0.00820. The molecule has 0 saturated carbocycles. The summed E-state index contributed by atoms with van der Waals surface area (Å²) < 4.78 is 0. The first-order chi connectivity index (χ1) is 8.67. The van der Waals surface area contributed by atoms with Crippen LogP contribution in [0.4, 0.5) is 0 Å². The van der Waals surface area contributed by atoms with Crippen LogP contribution in [0.3, 0.4) is 0 Å². The van der Waals surface area contributed by atoms with Crippen LogP contribution in [0, 0.1) is 6.92 Å². The highest BCUT2D eigenvalue weighted by molar-refractivity contribution is 5.95. The van der Waals surface area contributed by atoms with Gasteiger partial charge in [-0.1, -0.05) is 18.2 Å². The monoisotopic (exact) mass is 242 g/mol. The number of rotatable bonds is 3. The molecule has 2 aromatic rings. The highest BCUT2D eigenvalue weighted by Crippen LogP contribution is 2.18. The summed E-state index contributed by atoms with van der Waals surface area (Å²) in [7, 11) is 0. The zero-order valence-corrected chi connectivity index (χ0v) is 11.1. The molecule has 0 atom stereocenters. The standard InChI is InChI=1S/C15H18N2O/c1-4-17(5-2)15(18)14-10-11(3)12-8-6-7-9-13(12)16-14/h6-10H,4-5H2,1-3H3. The van der Waals surface area contributed by atoms with Crippen LogP contribution in [-0.4, -0.2) is 28.9 Å². The van der Waals surface area contributed by atoms with Crippen LogP contribution in [0.25, 0.3) is 10.9 Å². The molecule has 0 aliphatic rings. The molecule has 0 unspecified atom stereocenters. The molecule has 0 bridgehead atoms. The number of para-hydroxylation sites is 1. The van der Waals surface area contributed by atoms with Crippen molar-refractivity contribution >= 4 is 16.8 Å². The van der Waals surface area contributed by atoms with Gasteiger partial charge in [0.2, 0.25) is 0 Å². The van der Waals surface area contributed by atoms with Gasteiger partial charge in [-0.05, 0) is 38.5 Å². The summed E-state index contributed by atoms with van der Waals surface area (Å²) in [5.41, 5.74) is 2.51. The lowest BCUT2D eigenvalue weighted by Crippen LogP contribution is -2.31. The molecule has 1 aromatic heterocycles. The van der Waals surface area contributed by atoms with Gasteiger partial charge in [0.1, 0.15) is 5.69 Å². The molecule has 2 rings (SSSR count). The second-order valence-corrected chi connectivity index (χ2v) is 4.32. The summed E-state index contributed by atoms with van der Waals surface area (Å²) >= 11 is 0. The number of carbonyl (C=O) groups excluding carboxylic acids is 1. The fraction of sp³-hybridized carbons (Fsp3) is 0.333. The molecule has 1 aromatic carbocycles. The van der Waals surface area contributed by atoms with Gasteiger partial charge in [-0.2, -0.15) is 0 Å². The van der Waals surface area contributed by atoms with Crippen LogP contribution >= 0.6 is 0 Å². The zero-order valence-electron chi connectivity index (χ0n) is 11.1. The molecule has 0 fully saturated rings. The van der Waals surface area contributed by atoms with Gasteiger partial charge in [-0.25, -0.2) is 4.98 Å². The Morgan fingerprint density at radius 2 is 1.89 bits per heavy atom. The maximum atomic E-state index is 12.3. The largest absolute Gasteiger partial charge is 0.338 e. The molecular formula is C15H18N2O. The minimum absolute atomic E-state index is 0.00820. The van der Waals surface area contributed by atoms with Gasteiger partial charge in [0, 0.05) is 18.5 Å². The van der Waals surface area contributed by atoms with Gasteiger partial charge in [0.15, 0.2) is 0 Å². The van der Waals surface area contributed by atoms with Crippen molar-refractivity contribution in [2.75, 3.05) is 13.1 Å². The van der Waals surface area contributed by atoms with Crippen molar-refractivity contribution in [2.45, 2.75) is 20.8 Å². The molecule has 1 amide bonds. The number of carbonyl (C=O) groups is 1. The average molecular weight is 242 g/mol. The van der Waals surface area contributed by atoms with Gasteiger partial charge in [0.05, 0.1) is 5.52 Å². The van der Waals surface area contributed by atoms with E-state index in [2.05, 4.69) is 4.98 Å². The quantitative estimate of drug-likeness (QED) is 0.829. The number of nitrogens with zero attached hydrogens (tertiary/aromatic N) is 2. The second-order valence-electron chi connectivity index (χ2n) is 4.32. The van der Waals surface area contributed by atoms with E-state index in [1.807, 2.05) is 51.1 Å². The number of fused-ring (bicyclic) bond motifs is 1. The summed E-state index contributed by atoms with van der Waals surface area (Å²) in [6, 6.07) is 9.79. The number of hydrogen-bond donors (Lipinski definition) is 0. The van der Waals surface area contributed by atoms with Crippen molar-refractivity contribution in [2.24, 2.45) is 0 Å². The van der Waals surface area contributed by atoms with Crippen molar-refractivity contribution in [1.29, 1.82) is 0 Å². The number of aryl methyl sites for hydroxylation is 1. The molecule has 0 saturated heterocycles. The van der Waals surface area contributed by atoms with Crippen molar-refractivity contribution in [1.82, 2.24) is 9.88 Å². The first-order valence-electron chi connectivity index (χ1n) is 6.33. The molecule has 18 heavy (non-hydrogen) atoms. The van der Waals surface area contributed by atoms with E-state index in [1.165, 1.54) is 0 Å². The minimum atomic E-state index is 0.00820. The van der Waals surface area contributed by atoms with Gasteiger partial charge >= 0.3 is 0 Å². The summed E-state index contributed by atoms with van der Waals surface area (Å²) in [6.45, 7) is 7.40. The van der Waals surface area contributed by atoms with E-state index in [0.717, 1.165) is 16.5 Å². The third kappa shape index (κ3) is 2.21. The second kappa shape index (κ2) is 5.17. The van der Waals surface area contributed by atoms with Gasteiger partial charge in [-0.3, -0.25) is 4.79 Å². The Morgan fingerprint density at radius 1 is 1.22 bits per heavy atom. The molecule has 0 aliphatic carbocycles. The van der Waals surface area contributed by atoms with E-state index >= 15 is 0 Å². The van der Waals surface area contributed by atoms with Crippen molar-refractivity contribution in [3.63, 3.8) is 0 Å². The number of hydrogen-bond acceptors (Lipinski definition) is 2. The van der Waals surface area contributed by atoms with Crippen LogP contribution in [0.1, 0.15) is 29.9 Å². The maximum absolute atomic E-state index is 12.3. The average Bonchev–Trinajstić information content (AvgIpc) is 2.40. The summed E-state index contributed by atoms with van der Waals surface area (Å²) in [4.78, 5) is 18.5. The molecule has 3 nitrogen and oxygen atoms in total. The van der Waals surface area contributed by atoms with E-state index in [9.17, 15) is 4.79 Å². The minimum Gasteiger partial charge on any atom is -0.338 e. The summed E-state index contributed by atoms with van der Waals surface area (Å²) in [6.07, 6.45) is 0. The topological polar surface area (TPSA) is 33.2 Å². The third-order valence-electron chi connectivity index (χ3n) is 3.19. The molecule has 3 heteroatoms. The highest BCUT2D eigenvalue weighted by atomic mass is 16.2. The molecule has 0 radical (unpaired) electrons. The summed E-state index contributed by atoms with van der Waals surface area (Å²) in [5, 5.41) is 1.11. The first-order valence-corrected chi connectivity index (χ1v) is 6.33. The lowest BCUT2D eigenvalue weighted by Gasteiger charge is -2.18. The van der Waals surface area contributed by atoms with Gasteiger partial charge in [-0.15, -0.1) is 0 Å². The number of pyridine rings is 1. The normalized spacial score (nSPS) is 10.6. The molecule has 0 aliphatic heterocycles. The van der Waals surface area contributed by atoms with Crippen molar-refractivity contribution in [3.05, 3.63) is 41.6 Å². The van der Waals surface area contributed by atoms with Crippen LogP contribution in [-0.2, 0) is 0 Å². The Labute approximate surface area is 107 Å². The van der Waals surface area contributed by atoms with Crippen LogP contribution in [0.2, 0.25) is 0 Å². The Balaban J connectivity index is 2.49. The Bertz CT molecular complexity index is 574. The lowest BCUT2D eigenvalue weighted by atomic mass is 10.1. The van der Waals surface area contributed by atoms with Crippen molar-refractivity contribution < 1.29 is 4.79 Å². The molecule has 1 heterocycles. The molecule has 94 valence electrons. The predicted octanol–water partition coefficient (Wildman–Crippen LogP) is 3.03. The predicted molar refractivity (Wildman–Crippen MR) is 73.7 cm³/mol. The van der Waals surface area contributed by atoms with E-state index in [-0.39, 0.29) is 5.91 Å². The number of amides is 1. The third-order valence-corrected chi connectivity index (χ3v) is 3.19. The fourth-order valence-electron chi connectivity index (χ4n) is 2.13. The van der Waals surface area contributed by atoms with E-state index in [1.54, 1.807) is 4.90 Å².